The minimum Gasteiger partial charge on any atom is -0.395 e. The molecule has 0 saturated carbocycles. The molecule has 0 aliphatic heterocycles. The Kier molecular flexibility index (Phi) is 4.53. The Bertz CT molecular complexity index is 486. The van der Waals surface area contributed by atoms with Gasteiger partial charge in [-0.25, -0.2) is 13.1 Å². The van der Waals surface area contributed by atoms with Crippen LogP contribution in [-0.2, 0) is 15.4 Å². The van der Waals surface area contributed by atoms with Crippen LogP contribution in [0.1, 0.15) is 33.3 Å². The summed E-state index contributed by atoms with van der Waals surface area (Å²) < 4.78 is 26.3. The average molecular weight is 271 g/mol. The van der Waals surface area contributed by atoms with Gasteiger partial charge < -0.3 is 5.11 Å². The Morgan fingerprint density at radius 2 is 1.72 bits per heavy atom. The number of sulfonamides is 1. The first-order valence-corrected chi connectivity index (χ1v) is 7.39. The van der Waals surface area contributed by atoms with Crippen LogP contribution in [-0.4, -0.2) is 26.2 Å². The zero-order valence-electron chi connectivity index (χ0n) is 11.3. The summed E-state index contributed by atoms with van der Waals surface area (Å²) in [5.41, 5.74) is 1.07. The van der Waals surface area contributed by atoms with E-state index in [9.17, 15) is 8.42 Å². The third-order valence-corrected chi connectivity index (χ3v) is 4.27. The number of hydrogen-bond acceptors (Lipinski definition) is 3. The van der Waals surface area contributed by atoms with Crippen LogP contribution in [0.15, 0.2) is 29.2 Å². The van der Waals surface area contributed by atoms with Gasteiger partial charge in [-0.05, 0) is 30.0 Å². The van der Waals surface area contributed by atoms with Crippen LogP contribution in [0.2, 0.25) is 0 Å². The van der Waals surface area contributed by atoms with Gasteiger partial charge in [0.2, 0.25) is 10.0 Å². The predicted molar refractivity (Wildman–Crippen MR) is 72.0 cm³/mol. The second-order valence-corrected chi connectivity index (χ2v) is 7.19. The van der Waals surface area contributed by atoms with E-state index >= 15 is 0 Å². The van der Waals surface area contributed by atoms with Crippen LogP contribution in [0.4, 0.5) is 0 Å². The molecule has 1 aromatic carbocycles. The van der Waals surface area contributed by atoms with Gasteiger partial charge in [-0.2, -0.15) is 0 Å². The molecule has 4 nitrogen and oxygen atoms in total. The summed E-state index contributed by atoms with van der Waals surface area (Å²) >= 11 is 0. The van der Waals surface area contributed by atoms with Crippen molar-refractivity contribution in [3.05, 3.63) is 29.8 Å². The number of benzene rings is 1. The molecule has 0 aliphatic carbocycles. The zero-order chi connectivity index (χ0) is 14.0. The lowest BCUT2D eigenvalue weighted by Gasteiger charge is -2.19. The minimum absolute atomic E-state index is 0.00584. The lowest BCUT2D eigenvalue weighted by Crippen LogP contribution is -2.35. The molecule has 1 aromatic rings. The highest BCUT2D eigenvalue weighted by Crippen LogP contribution is 2.23. The first kappa shape index (κ1) is 15.1. The van der Waals surface area contributed by atoms with Crippen LogP contribution in [0, 0.1) is 0 Å². The highest BCUT2D eigenvalue weighted by Gasteiger charge is 2.18. The molecule has 2 N–H and O–H groups in total. The summed E-state index contributed by atoms with van der Waals surface area (Å²) in [6, 6.07) is 6.33. The maximum Gasteiger partial charge on any atom is 0.240 e. The molecule has 5 heteroatoms. The van der Waals surface area contributed by atoms with E-state index in [0.29, 0.717) is 0 Å². The van der Waals surface area contributed by atoms with E-state index in [1.807, 2.05) is 12.1 Å². The summed E-state index contributed by atoms with van der Waals surface area (Å²) in [7, 11) is -3.54. The van der Waals surface area contributed by atoms with Gasteiger partial charge in [0.25, 0.3) is 0 Å². The fourth-order valence-corrected chi connectivity index (χ4v) is 2.74. The van der Waals surface area contributed by atoms with Crippen molar-refractivity contribution in [1.82, 2.24) is 4.72 Å². The Labute approximate surface area is 109 Å². The van der Waals surface area contributed by atoms with Gasteiger partial charge in [-0.1, -0.05) is 32.9 Å². The van der Waals surface area contributed by atoms with Crippen LogP contribution in [0.5, 0.6) is 0 Å². The molecule has 0 fully saturated rings. The SMILES string of the molecule is C[C@H](CO)NS(=O)(=O)c1ccc(C(C)(C)C)cc1. The molecular formula is C13H21NO3S. The van der Waals surface area contributed by atoms with Crippen molar-refractivity contribution < 1.29 is 13.5 Å². The Morgan fingerprint density at radius 1 is 1.22 bits per heavy atom. The zero-order valence-corrected chi connectivity index (χ0v) is 12.1. The Hall–Kier alpha value is -0.910. The van der Waals surface area contributed by atoms with Crippen LogP contribution in [0.25, 0.3) is 0 Å². The smallest absolute Gasteiger partial charge is 0.240 e. The maximum atomic E-state index is 11.9. The number of hydrogen-bond donors (Lipinski definition) is 2. The molecule has 1 atom stereocenters. The van der Waals surface area contributed by atoms with Crippen molar-refractivity contribution in [3.63, 3.8) is 0 Å². The first-order valence-electron chi connectivity index (χ1n) is 5.90. The first-order chi connectivity index (χ1) is 8.16. The molecule has 0 saturated heterocycles. The number of rotatable bonds is 4. The van der Waals surface area contributed by atoms with Gasteiger partial charge in [-0.15, -0.1) is 0 Å². The standard InChI is InChI=1S/C13H21NO3S/c1-10(9-15)14-18(16,17)12-7-5-11(6-8-12)13(2,3)4/h5-8,10,14-15H,9H2,1-4H3/t10-/m1/s1. The molecule has 0 heterocycles. The fraction of sp³-hybridized carbons (Fsp3) is 0.538. The molecule has 0 spiro atoms. The monoisotopic (exact) mass is 271 g/mol. The molecule has 0 radical (unpaired) electrons. The summed E-state index contributed by atoms with van der Waals surface area (Å²) in [5.74, 6) is 0. The third-order valence-electron chi connectivity index (χ3n) is 2.66. The number of nitrogens with one attached hydrogen (secondary N) is 1. The van der Waals surface area contributed by atoms with Crippen molar-refractivity contribution >= 4 is 10.0 Å². The van der Waals surface area contributed by atoms with E-state index in [4.69, 9.17) is 5.11 Å². The van der Waals surface area contributed by atoms with Crippen molar-refractivity contribution in [2.24, 2.45) is 0 Å². The Balaban J connectivity index is 2.98. The molecule has 0 unspecified atom stereocenters. The molecule has 0 aliphatic rings. The van der Waals surface area contributed by atoms with Crippen molar-refractivity contribution in [2.45, 2.75) is 44.0 Å². The molecule has 0 aromatic heterocycles. The summed E-state index contributed by atoms with van der Waals surface area (Å²) in [5, 5.41) is 8.87. The van der Waals surface area contributed by atoms with Crippen molar-refractivity contribution in [2.75, 3.05) is 6.61 Å². The molecule has 18 heavy (non-hydrogen) atoms. The fourth-order valence-electron chi connectivity index (χ4n) is 1.50. The van der Waals surface area contributed by atoms with Gasteiger partial charge in [0.05, 0.1) is 11.5 Å². The summed E-state index contributed by atoms with van der Waals surface area (Å²) in [6.07, 6.45) is 0. The molecule has 1 rings (SSSR count). The molecule has 0 amide bonds. The highest BCUT2D eigenvalue weighted by atomic mass is 32.2. The maximum absolute atomic E-state index is 11.9. The van der Waals surface area contributed by atoms with E-state index in [2.05, 4.69) is 25.5 Å². The summed E-state index contributed by atoms with van der Waals surface area (Å²) in [4.78, 5) is 0.218. The molecule has 102 valence electrons. The van der Waals surface area contributed by atoms with Crippen molar-refractivity contribution in [3.8, 4) is 0 Å². The molecular weight excluding hydrogens is 250 g/mol. The largest absolute Gasteiger partial charge is 0.395 e. The second kappa shape index (κ2) is 5.38. The van der Waals surface area contributed by atoms with Crippen LogP contribution in [0.3, 0.4) is 0 Å². The second-order valence-electron chi connectivity index (χ2n) is 5.48. The normalized spacial score (nSPS) is 14.5. The average Bonchev–Trinajstić information content (AvgIpc) is 2.27. The van der Waals surface area contributed by atoms with E-state index < -0.39 is 16.1 Å². The van der Waals surface area contributed by atoms with E-state index in [0.717, 1.165) is 5.56 Å². The van der Waals surface area contributed by atoms with Gasteiger partial charge in [0.1, 0.15) is 0 Å². The summed E-state index contributed by atoms with van der Waals surface area (Å²) in [6.45, 7) is 7.61. The Morgan fingerprint density at radius 3 is 2.11 bits per heavy atom. The van der Waals surface area contributed by atoms with Gasteiger partial charge >= 0.3 is 0 Å². The predicted octanol–water partition coefficient (Wildman–Crippen LogP) is 1.64. The van der Waals surface area contributed by atoms with E-state index in [1.54, 1.807) is 19.1 Å². The number of aliphatic hydroxyl groups excluding tert-OH is 1. The lowest BCUT2D eigenvalue weighted by molar-refractivity contribution is 0.265. The third kappa shape index (κ3) is 3.80. The minimum atomic E-state index is -3.54. The van der Waals surface area contributed by atoms with Crippen molar-refractivity contribution in [1.29, 1.82) is 0 Å². The highest BCUT2D eigenvalue weighted by molar-refractivity contribution is 7.89. The van der Waals surface area contributed by atoms with Gasteiger partial charge in [0.15, 0.2) is 0 Å². The van der Waals surface area contributed by atoms with Gasteiger partial charge in [0, 0.05) is 6.04 Å². The lowest BCUT2D eigenvalue weighted by atomic mass is 9.87. The van der Waals surface area contributed by atoms with E-state index in [-0.39, 0.29) is 16.9 Å². The van der Waals surface area contributed by atoms with E-state index in [1.165, 1.54) is 0 Å². The number of aliphatic hydroxyl groups is 1. The van der Waals surface area contributed by atoms with Crippen LogP contribution < -0.4 is 4.72 Å². The van der Waals surface area contributed by atoms with Crippen LogP contribution >= 0.6 is 0 Å². The molecule has 0 bridgehead atoms. The quantitative estimate of drug-likeness (QED) is 0.875. The topological polar surface area (TPSA) is 66.4 Å². The van der Waals surface area contributed by atoms with Gasteiger partial charge in [-0.3, -0.25) is 0 Å².